The van der Waals surface area contributed by atoms with Gasteiger partial charge in [-0.25, -0.2) is 4.98 Å². The average molecular weight is 204 g/mol. The lowest BCUT2D eigenvalue weighted by molar-refractivity contribution is 0.111. The van der Waals surface area contributed by atoms with Crippen molar-refractivity contribution in [2.24, 2.45) is 7.05 Å². The van der Waals surface area contributed by atoms with Gasteiger partial charge in [-0.3, -0.25) is 4.79 Å². The third kappa shape index (κ3) is 1.48. The van der Waals surface area contributed by atoms with Gasteiger partial charge in [-0.05, 0) is 19.1 Å². The summed E-state index contributed by atoms with van der Waals surface area (Å²) < 4.78 is 7.22. The van der Waals surface area contributed by atoms with Crippen molar-refractivity contribution >= 4 is 17.3 Å². The maximum absolute atomic E-state index is 10.8. The second-order valence-corrected chi connectivity index (χ2v) is 3.23. The molecular weight excluding hydrogens is 192 g/mol. The molecule has 15 heavy (non-hydrogen) atoms. The number of rotatable bonds is 3. The van der Waals surface area contributed by atoms with Crippen LogP contribution in [0.4, 0.5) is 0 Å². The molecule has 0 saturated heterocycles. The van der Waals surface area contributed by atoms with E-state index in [1.165, 1.54) is 0 Å². The Balaban J connectivity index is 2.70. The Hall–Kier alpha value is -1.84. The zero-order valence-corrected chi connectivity index (χ0v) is 8.73. The monoisotopic (exact) mass is 204 g/mol. The maximum atomic E-state index is 10.8. The van der Waals surface area contributed by atoms with Crippen LogP contribution in [-0.2, 0) is 7.05 Å². The largest absolute Gasteiger partial charge is 0.493 e. The number of aldehydes is 1. The van der Waals surface area contributed by atoms with E-state index in [1.54, 1.807) is 22.9 Å². The second kappa shape index (κ2) is 3.73. The first kappa shape index (κ1) is 9.71. The Morgan fingerprint density at radius 3 is 3.07 bits per heavy atom. The summed E-state index contributed by atoms with van der Waals surface area (Å²) in [6.07, 6.45) is 2.50. The van der Waals surface area contributed by atoms with Gasteiger partial charge in [-0.15, -0.1) is 0 Å². The lowest BCUT2D eigenvalue weighted by Crippen LogP contribution is -1.96. The normalized spacial score (nSPS) is 10.5. The molecule has 0 amide bonds. The van der Waals surface area contributed by atoms with Gasteiger partial charge in [-0.1, -0.05) is 0 Å². The number of nitrogens with zero attached hydrogens (tertiary/aromatic N) is 2. The van der Waals surface area contributed by atoms with E-state index in [4.69, 9.17) is 4.74 Å². The van der Waals surface area contributed by atoms with Gasteiger partial charge in [-0.2, -0.15) is 0 Å². The molecule has 2 rings (SSSR count). The first-order valence-corrected chi connectivity index (χ1v) is 4.80. The van der Waals surface area contributed by atoms with Crippen molar-refractivity contribution in [1.82, 2.24) is 9.55 Å². The maximum Gasteiger partial charge on any atom is 0.166 e. The van der Waals surface area contributed by atoms with E-state index in [-0.39, 0.29) is 0 Å². The Kier molecular flexibility index (Phi) is 2.41. The second-order valence-electron chi connectivity index (χ2n) is 3.23. The fraction of sp³-hybridized carbons (Fsp3) is 0.273. The van der Waals surface area contributed by atoms with Gasteiger partial charge in [0.2, 0.25) is 0 Å². The van der Waals surface area contributed by atoms with Crippen LogP contribution < -0.4 is 4.74 Å². The zero-order chi connectivity index (χ0) is 10.8. The summed E-state index contributed by atoms with van der Waals surface area (Å²) in [5, 5.41) is 0.879. The summed E-state index contributed by atoms with van der Waals surface area (Å²) >= 11 is 0. The van der Waals surface area contributed by atoms with E-state index >= 15 is 0 Å². The molecule has 0 aliphatic rings. The van der Waals surface area contributed by atoms with Crippen molar-refractivity contribution < 1.29 is 9.53 Å². The third-order valence-corrected chi connectivity index (χ3v) is 2.35. The minimum absolute atomic E-state index is 0.602. The molecule has 0 aliphatic carbocycles. The van der Waals surface area contributed by atoms with Crippen LogP contribution in [0.25, 0.3) is 11.0 Å². The molecular formula is C11H12N2O2. The van der Waals surface area contributed by atoms with E-state index in [0.29, 0.717) is 12.3 Å². The van der Waals surface area contributed by atoms with Gasteiger partial charge >= 0.3 is 0 Å². The minimum Gasteiger partial charge on any atom is -0.493 e. The van der Waals surface area contributed by atoms with Gasteiger partial charge in [0.1, 0.15) is 11.4 Å². The first-order valence-electron chi connectivity index (χ1n) is 4.80. The zero-order valence-electron chi connectivity index (χ0n) is 8.73. The van der Waals surface area contributed by atoms with Crippen molar-refractivity contribution in [3.05, 3.63) is 24.0 Å². The Labute approximate surface area is 87.5 Å². The molecule has 2 aromatic rings. The van der Waals surface area contributed by atoms with Gasteiger partial charge in [0.05, 0.1) is 17.7 Å². The summed E-state index contributed by atoms with van der Waals surface area (Å²) in [5.41, 5.74) is 1.37. The Bertz CT molecular complexity index is 503. The molecule has 78 valence electrons. The Morgan fingerprint density at radius 2 is 2.40 bits per heavy atom. The van der Waals surface area contributed by atoms with Crippen LogP contribution in [0.15, 0.2) is 18.3 Å². The standard InChI is InChI=1S/C11H12N2O2/c1-3-15-10-4-5-12-11-9(10)6-8(7-14)13(11)2/h4-7H,3H2,1-2H3. The summed E-state index contributed by atoms with van der Waals surface area (Å²) in [4.78, 5) is 15.0. The molecule has 0 atom stereocenters. The molecule has 4 heteroatoms. The molecule has 4 nitrogen and oxygen atoms in total. The highest BCUT2D eigenvalue weighted by Crippen LogP contribution is 2.25. The summed E-state index contributed by atoms with van der Waals surface area (Å²) in [7, 11) is 1.81. The fourth-order valence-corrected chi connectivity index (χ4v) is 1.61. The molecule has 0 spiro atoms. The molecule has 0 saturated carbocycles. The molecule has 0 bridgehead atoms. The molecule has 0 radical (unpaired) electrons. The first-order chi connectivity index (χ1) is 7.27. The number of hydrogen-bond donors (Lipinski definition) is 0. The predicted molar refractivity (Wildman–Crippen MR) is 57.3 cm³/mol. The highest BCUT2D eigenvalue weighted by atomic mass is 16.5. The smallest absolute Gasteiger partial charge is 0.166 e. The van der Waals surface area contributed by atoms with Crippen molar-refractivity contribution in [2.75, 3.05) is 6.61 Å². The lowest BCUT2D eigenvalue weighted by atomic mass is 10.3. The number of fused-ring (bicyclic) bond motifs is 1. The van der Waals surface area contributed by atoms with Crippen molar-refractivity contribution in [1.29, 1.82) is 0 Å². The molecule has 2 aromatic heterocycles. The molecule has 2 heterocycles. The predicted octanol–water partition coefficient (Wildman–Crippen LogP) is 1.78. The van der Waals surface area contributed by atoms with Gasteiger partial charge in [0.25, 0.3) is 0 Å². The number of hydrogen-bond acceptors (Lipinski definition) is 3. The van der Waals surface area contributed by atoms with E-state index in [0.717, 1.165) is 23.1 Å². The van der Waals surface area contributed by atoms with Crippen LogP contribution >= 0.6 is 0 Å². The summed E-state index contributed by atoms with van der Waals surface area (Å²) in [6, 6.07) is 3.60. The highest BCUT2D eigenvalue weighted by Gasteiger charge is 2.09. The molecule has 0 fully saturated rings. The van der Waals surface area contributed by atoms with Crippen molar-refractivity contribution in [3.63, 3.8) is 0 Å². The summed E-state index contributed by atoms with van der Waals surface area (Å²) in [5.74, 6) is 0.770. The fourth-order valence-electron chi connectivity index (χ4n) is 1.61. The number of carbonyl (C=O) groups excluding carboxylic acids is 1. The van der Waals surface area contributed by atoms with Gasteiger partial charge < -0.3 is 9.30 Å². The van der Waals surface area contributed by atoms with E-state index < -0.39 is 0 Å². The molecule has 0 N–H and O–H groups in total. The van der Waals surface area contributed by atoms with E-state index in [1.807, 2.05) is 14.0 Å². The average Bonchev–Trinajstić information content (AvgIpc) is 2.58. The number of pyridine rings is 1. The third-order valence-electron chi connectivity index (χ3n) is 2.35. The summed E-state index contributed by atoms with van der Waals surface area (Å²) in [6.45, 7) is 2.53. The topological polar surface area (TPSA) is 44.1 Å². The molecule has 0 aromatic carbocycles. The molecule has 0 unspecified atom stereocenters. The minimum atomic E-state index is 0.602. The number of carbonyl (C=O) groups is 1. The SMILES string of the molecule is CCOc1ccnc2c1cc(C=O)n2C. The van der Waals surface area contributed by atoms with E-state index in [9.17, 15) is 4.79 Å². The number of ether oxygens (including phenoxy) is 1. The van der Waals surface area contributed by atoms with E-state index in [2.05, 4.69) is 4.98 Å². The number of aryl methyl sites for hydroxylation is 1. The Morgan fingerprint density at radius 1 is 1.60 bits per heavy atom. The van der Waals surface area contributed by atoms with Crippen molar-refractivity contribution in [3.8, 4) is 5.75 Å². The van der Waals surface area contributed by atoms with Crippen LogP contribution in [0.1, 0.15) is 17.4 Å². The van der Waals surface area contributed by atoms with Crippen LogP contribution in [0.2, 0.25) is 0 Å². The number of aromatic nitrogens is 2. The van der Waals surface area contributed by atoms with Gasteiger partial charge in [0, 0.05) is 13.2 Å². The van der Waals surface area contributed by atoms with Crippen LogP contribution in [0, 0.1) is 0 Å². The van der Waals surface area contributed by atoms with Gasteiger partial charge in [0.15, 0.2) is 6.29 Å². The molecule has 0 aliphatic heterocycles. The lowest BCUT2D eigenvalue weighted by Gasteiger charge is -2.03. The van der Waals surface area contributed by atoms with Crippen LogP contribution in [0.3, 0.4) is 0 Å². The van der Waals surface area contributed by atoms with Crippen LogP contribution in [0.5, 0.6) is 5.75 Å². The van der Waals surface area contributed by atoms with Crippen LogP contribution in [-0.4, -0.2) is 22.4 Å². The quantitative estimate of drug-likeness (QED) is 0.716. The van der Waals surface area contributed by atoms with Crippen molar-refractivity contribution in [2.45, 2.75) is 6.92 Å². The highest BCUT2D eigenvalue weighted by molar-refractivity contribution is 5.90.